The van der Waals surface area contributed by atoms with Crippen molar-refractivity contribution in [2.24, 2.45) is 0 Å². The predicted octanol–water partition coefficient (Wildman–Crippen LogP) is 0.597. The molecule has 1 aliphatic rings. The number of cyclic esters (lactones) is 2. The summed E-state index contributed by atoms with van der Waals surface area (Å²) in [6, 6.07) is 0. The van der Waals surface area contributed by atoms with Crippen LogP contribution in [0.3, 0.4) is 0 Å². The first-order valence-electron chi connectivity index (χ1n) is 2.16. The lowest BCUT2D eigenvalue weighted by Gasteiger charge is -1.92. The number of esters is 2. The van der Waals surface area contributed by atoms with Crippen LogP contribution in [0.2, 0.25) is 0 Å². The zero-order chi connectivity index (χ0) is 7.02. The molecule has 1 heterocycles. The Labute approximate surface area is 68.0 Å². The maximum Gasteiger partial charge on any atom is 0.329 e. The average Bonchev–Trinajstić information content (AvgIpc) is 1.98. The minimum absolute atomic E-state index is 0.523. The molecule has 1 aliphatic heterocycles. The van der Waals surface area contributed by atoms with E-state index in [0.29, 0.717) is 0 Å². The SMILES string of the molecule is O=C1OC(=O)[C@H](Br)[C@@H]1Br. The Morgan fingerprint density at radius 1 is 1.11 bits per heavy atom. The fraction of sp³-hybridized carbons (Fsp3) is 0.500. The lowest BCUT2D eigenvalue weighted by Crippen LogP contribution is -2.15. The first-order chi connectivity index (χ1) is 4.13. The third-order valence-electron chi connectivity index (χ3n) is 0.908. The molecule has 9 heavy (non-hydrogen) atoms. The van der Waals surface area contributed by atoms with Gasteiger partial charge in [-0.05, 0) is 0 Å². The molecule has 0 aromatic rings. The predicted molar refractivity (Wildman–Crippen MR) is 36.5 cm³/mol. The molecule has 0 aromatic carbocycles. The van der Waals surface area contributed by atoms with Crippen molar-refractivity contribution >= 4 is 43.8 Å². The fourth-order valence-corrected chi connectivity index (χ4v) is 1.07. The van der Waals surface area contributed by atoms with Crippen molar-refractivity contribution in [2.45, 2.75) is 9.65 Å². The van der Waals surface area contributed by atoms with E-state index in [1.54, 1.807) is 0 Å². The van der Waals surface area contributed by atoms with Crippen molar-refractivity contribution in [1.29, 1.82) is 0 Å². The van der Waals surface area contributed by atoms with Crippen LogP contribution >= 0.6 is 31.9 Å². The number of carbonyl (C=O) groups excluding carboxylic acids is 2. The molecule has 1 fully saturated rings. The maximum atomic E-state index is 10.5. The van der Waals surface area contributed by atoms with Gasteiger partial charge in [0.1, 0.15) is 9.65 Å². The summed E-state index contributed by atoms with van der Waals surface area (Å²) in [4.78, 5) is 19.9. The van der Waals surface area contributed by atoms with Gasteiger partial charge in [-0.2, -0.15) is 0 Å². The topological polar surface area (TPSA) is 43.4 Å². The molecule has 0 unspecified atom stereocenters. The van der Waals surface area contributed by atoms with Gasteiger partial charge in [0.25, 0.3) is 0 Å². The van der Waals surface area contributed by atoms with Gasteiger partial charge in [0.05, 0.1) is 0 Å². The number of carbonyl (C=O) groups is 2. The van der Waals surface area contributed by atoms with Gasteiger partial charge in [0.15, 0.2) is 0 Å². The molecule has 3 nitrogen and oxygen atoms in total. The molecule has 0 aliphatic carbocycles. The summed E-state index contributed by atoms with van der Waals surface area (Å²) in [5.41, 5.74) is 0. The van der Waals surface area contributed by atoms with Crippen LogP contribution in [0.4, 0.5) is 0 Å². The highest BCUT2D eigenvalue weighted by Gasteiger charge is 2.40. The van der Waals surface area contributed by atoms with E-state index >= 15 is 0 Å². The van der Waals surface area contributed by atoms with Gasteiger partial charge in [-0.3, -0.25) is 9.59 Å². The monoisotopic (exact) mass is 256 g/mol. The summed E-state index contributed by atoms with van der Waals surface area (Å²) < 4.78 is 4.21. The summed E-state index contributed by atoms with van der Waals surface area (Å²) in [5, 5.41) is 0. The molecule has 0 amide bonds. The van der Waals surface area contributed by atoms with Gasteiger partial charge in [-0.15, -0.1) is 0 Å². The van der Waals surface area contributed by atoms with Crippen molar-refractivity contribution in [1.82, 2.24) is 0 Å². The van der Waals surface area contributed by atoms with Crippen molar-refractivity contribution in [2.75, 3.05) is 0 Å². The molecule has 50 valence electrons. The van der Waals surface area contributed by atoms with Crippen molar-refractivity contribution in [3.05, 3.63) is 0 Å². The summed E-state index contributed by atoms with van der Waals surface area (Å²) in [6.45, 7) is 0. The van der Waals surface area contributed by atoms with Gasteiger partial charge < -0.3 is 4.74 Å². The van der Waals surface area contributed by atoms with Gasteiger partial charge >= 0.3 is 11.9 Å². The lowest BCUT2D eigenvalue weighted by atomic mass is 10.4. The van der Waals surface area contributed by atoms with E-state index in [4.69, 9.17) is 0 Å². The Bertz CT molecular complexity index is 149. The van der Waals surface area contributed by atoms with E-state index in [2.05, 4.69) is 36.6 Å². The van der Waals surface area contributed by atoms with Crippen molar-refractivity contribution < 1.29 is 14.3 Å². The van der Waals surface area contributed by atoms with Crippen LogP contribution in [0.5, 0.6) is 0 Å². The maximum absolute atomic E-state index is 10.5. The normalized spacial score (nSPS) is 34.9. The van der Waals surface area contributed by atoms with E-state index in [0.717, 1.165) is 0 Å². The third-order valence-corrected chi connectivity index (χ3v) is 3.42. The Balaban J connectivity index is 2.77. The molecule has 1 rings (SSSR count). The van der Waals surface area contributed by atoms with Crippen molar-refractivity contribution in [3.8, 4) is 0 Å². The second kappa shape index (κ2) is 2.38. The number of hydrogen-bond acceptors (Lipinski definition) is 3. The second-order valence-electron chi connectivity index (χ2n) is 1.54. The number of alkyl halides is 2. The average molecular weight is 258 g/mol. The molecule has 2 atom stereocenters. The summed E-state index contributed by atoms with van der Waals surface area (Å²) >= 11 is 5.93. The standard InChI is InChI=1S/C4H2Br2O3/c5-1-2(6)4(8)9-3(1)7/h1-2H/t1-,2+. The Hall–Kier alpha value is 0.1000. The molecule has 1 saturated heterocycles. The van der Waals surface area contributed by atoms with E-state index in [1.165, 1.54) is 0 Å². The van der Waals surface area contributed by atoms with Gasteiger partial charge in [-0.25, -0.2) is 0 Å². The Kier molecular flexibility index (Phi) is 1.91. The zero-order valence-corrected chi connectivity index (χ0v) is 7.31. The van der Waals surface area contributed by atoms with E-state index in [1.807, 2.05) is 0 Å². The molecule has 0 aromatic heterocycles. The minimum atomic E-state index is -0.526. The summed E-state index contributed by atoms with van der Waals surface area (Å²) in [7, 11) is 0. The zero-order valence-electron chi connectivity index (χ0n) is 4.14. The van der Waals surface area contributed by atoms with Crippen LogP contribution in [0.15, 0.2) is 0 Å². The smallest absolute Gasteiger partial charge is 0.329 e. The number of rotatable bonds is 0. The van der Waals surface area contributed by atoms with Crippen LogP contribution in [0.1, 0.15) is 0 Å². The first-order valence-corrected chi connectivity index (χ1v) is 3.99. The van der Waals surface area contributed by atoms with Gasteiger partial charge in [0.2, 0.25) is 0 Å². The first kappa shape index (κ1) is 7.21. The second-order valence-corrected chi connectivity index (χ2v) is 3.52. The van der Waals surface area contributed by atoms with E-state index in [9.17, 15) is 9.59 Å². The van der Waals surface area contributed by atoms with Crippen LogP contribution < -0.4 is 0 Å². The van der Waals surface area contributed by atoms with Gasteiger partial charge in [0, 0.05) is 0 Å². The molecular weight excluding hydrogens is 256 g/mol. The van der Waals surface area contributed by atoms with Crippen LogP contribution in [0.25, 0.3) is 0 Å². The largest absolute Gasteiger partial charge is 0.391 e. The highest BCUT2D eigenvalue weighted by atomic mass is 79.9. The Morgan fingerprint density at radius 2 is 1.44 bits per heavy atom. The molecule has 0 N–H and O–H groups in total. The van der Waals surface area contributed by atoms with E-state index in [-0.39, 0.29) is 0 Å². The minimum Gasteiger partial charge on any atom is -0.391 e. The Morgan fingerprint density at radius 3 is 1.56 bits per heavy atom. The van der Waals surface area contributed by atoms with Crippen LogP contribution in [-0.2, 0) is 14.3 Å². The molecular formula is C4H2Br2O3. The van der Waals surface area contributed by atoms with E-state index < -0.39 is 21.6 Å². The van der Waals surface area contributed by atoms with Crippen molar-refractivity contribution in [3.63, 3.8) is 0 Å². The highest BCUT2D eigenvalue weighted by molar-refractivity contribution is 9.12. The van der Waals surface area contributed by atoms with Crippen LogP contribution in [-0.4, -0.2) is 21.6 Å². The molecule has 0 bridgehead atoms. The molecule has 0 radical (unpaired) electrons. The molecule has 0 saturated carbocycles. The number of ether oxygens (including phenoxy) is 1. The third kappa shape index (κ3) is 1.16. The number of hydrogen-bond donors (Lipinski definition) is 0. The lowest BCUT2D eigenvalue weighted by molar-refractivity contribution is -0.151. The summed E-state index contributed by atoms with van der Waals surface area (Å²) in [6.07, 6.45) is 0. The molecule has 5 heteroatoms. The number of halogens is 2. The van der Waals surface area contributed by atoms with Gasteiger partial charge in [-0.1, -0.05) is 31.9 Å². The quantitative estimate of drug-likeness (QED) is 0.363. The molecule has 0 spiro atoms. The fourth-order valence-electron chi connectivity index (χ4n) is 0.451. The highest BCUT2D eigenvalue weighted by Crippen LogP contribution is 2.23. The van der Waals surface area contributed by atoms with Crippen LogP contribution in [0, 0.1) is 0 Å². The summed E-state index contributed by atoms with van der Waals surface area (Å²) in [5.74, 6) is -1.05.